The zero-order chi connectivity index (χ0) is 13.7. The molecular formula is C13H31N2O2+. The Morgan fingerprint density at radius 2 is 1.76 bits per heavy atom. The minimum Gasteiger partial charge on any atom is -0.444 e. The SMILES string of the molecule is CC.CCCCCNC(=O)OCC[N+](C)(C)C. The van der Waals surface area contributed by atoms with Crippen LogP contribution in [0, 0.1) is 0 Å². The zero-order valence-electron chi connectivity index (χ0n) is 12.5. The molecular weight excluding hydrogens is 216 g/mol. The Morgan fingerprint density at radius 1 is 1.18 bits per heavy atom. The van der Waals surface area contributed by atoms with E-state index in [4.69, 9.17) is 4.74 Å². The number of carbonyl (C=O) groups is 1. The molecule has 0 aliphatic carbocycles. The topological polar surface area (TPSA) is 38.3 Å². The van der Waals surface area contributed by atoms with Gasteiger partial charge in [0.05, 0.1) is 21.1 Å². The van der Waals surface area contributed by atoms with Gasteiger partial charge in [-0.2, -0.15) is 0 Å². The summed E-state index contributed by atoms with van der Waals surface area (Å²) in [6, 6.07) is 0. The maximum absolute atomic E-state index is 11.2. The third-order valence-electron chi connectivity index (χ3n) is 2.04. The molecule has 0 atom stereocenters. The van der Waals surface area contributed by atoms with Gasteiger partial charge in [-0.15, -0.1) is 0 Å². The van der Waals surface area contributed by atoms with Crippen LogP contribution in [0.1, 0.15) is 40.0 Å². The summed E-state index contributed by atoms with van der Waals surface area (Å²) < 4.78 is 5.84. The molecule has 0 radical (unpaired) electrons. The Labute approximate surface area is 107 Å². The van der Waals surface area contributed by atoms with E-state index in [-0.39, 0.29) is 6.09 Å². The highest BCUT2D eigenvalue weighted by molar-refractivity contribution is 5.66. The molecule has 0 aromatic rings. The Bertz CT molecular complexity index is 177. The van der Waals surface area contributed by atoms with Gasteiger partial charge < -0.3 is 14.5 Å². The average Bonchev–Trinajstić information content (AvgIpc) is 2.25. The van der Waals surface area contributed by atoms with Crippen molar-refractivity contribution in [2.24, 2.45) is 0 Å². The molecule has 4 nitrogen and oxygen atoms in total. The Morgan fingerprint density at radius 3 is 2.24 bits per heavy atom. The minimum absolute atomic E-state index is 0.292. The van der Waals surface area contributed by atoms with Crippen LogP contribution in [0.5, 0.6) is 0 Å². The number of likely N-dealkylation sites (N-methyl/N-ethyl adjacent to an activating group) is 1. The van der Waals surface area contributed by atoms with Crippen molar-refractivity contribution in [3.63, 3.8) is 0 Å². The van der Waals surface area contributed by atoms with Crippen molar-refractivity contribution < 1.29 is 14.0 Å². The molecule has 0 aliphatic heterocycles. The Hall–Kier alpha value is -0.770. The van der Waals surface area contributed by atoms with Gasteiger partial charge in [-0.05, 0) is 6.42 Å². The van der Waals surface area contributed by atoms with Gasteiger partial charge in [0.2, 0.25) is 0 Å². The van der Waals surface area contributed by atoms with Crippen molar-refractivity contribution in [3.05, 3.63) is 0 Å². The maximum Gasteiger partial charge on any atom is 0.407 e. The van der Waals surface area contributed by atoms with Crippen LogP contribution in [0.25, 0.3) is 0 Å². The zero-order valence-corrected chi connectivity index (χ0v) is 12.5. The summed E-state index contributed by atoms with van der Waals surface area (Å²) in [6.45, 7) is 8.17. The molecule has 104 valence electrons. The van der Waals surface area contributed by atoms with E-state index in [1.807, 2.05) is 13.8 Å². The van der Waals surface area contributed by atoms with Gasteiger partial charge in [0.15, 0.2) is 0 Å². The third-order valence-corrected chi connectivity index (χ3v) is 2.04. The molecule has 0 saturated carbocycles. The molecule has 17 heavy (non-hydrogen) atoms. The second-order valence-corrected chi connectivity index (χ2v) is 4.78. The molecule has 0 rings (SSSR count). The molecule has 0 bridgehead atoms. The molecule has 0 aromatic heterocycles. The second kappa shape index (κ2) is 11.7. The van der Waals surface area contributed by atoms with Gasteiger partial charge in [-0.3, -0.25) is 0 Å². The molecule has 1 amide bonds. The predicted octanol–water partition coefficient (Wildman–Crippen LogP) is 2.64. The number of nitrogens with one attached hydrogen (secondary N) is 1. The molecule has 0 fully saturated rings. The van der Waals surface area contributed by atoms with Crippen LogP contribution in [0.15, 0.2) is 0 Å². The fourth-order valence-corrected chi connectivity index (χ4v) is 1.03. The number of hydrogen-bond acceptors (Lipinski definition) is 2. The van der Waals surface area contributed by atoms with E-state index in [0.29, 0.717) is 6.61 Å². The molecule has 0 saturated heterocycles. The Kier molecular flexibility index (Phi) is 12.8. The molecule has 0 unspecified atom stereocenters. The van der Waals surface area contributed by atoms with Crippen molar-refractivity contribution in [2.45, 2.75) is 40.0 Å². The van der Waals surface area contributed by atoms with Gasteiger partial charge in [-0.25, -0.2) is 4.79 Å². The molecule has 0 aliphatic rings. The van der Waals surface area contributed by atoms with Crippen molar-refractivity contribution in [2.75, 3.05) is 40.8 Å². The van der Waals surface area contributed by atoms with E-state index >= 15 is 0 Å². The highest BCUT2D eigenvalue weighted by Crippen LogP contribution is 1.92. The second-order valence-electron chi connectivity index (χ2n) is 4.78. The summed E-state index contributed by atoms with van der Waals surface area (Å²) in [4.78, 5) is 11.2. The van der Waals surface area contributed by atoms with Gasteiger partial charge in [0.1, 0.15) is 13.2 Å². The maximum atomic E-state index is 11.2. The lowest BCUT2D eigenvalue weighted by Crippen LogP contribution is -2.39. The van der Waals surface area contributed by atoms with Gasteiger partial charge in [0, 0.05) is 6.54 Å². The lowest BCUT2D eigenvalue weighted by Gasteiger charge is -2.23. The summed E-state index contributed by atoms with van der Waals surface area (Å²) in [6.07, 6.45) is 3.05. The minimum atomic E-state index is -0.292. The lowest BCUT2D eigenvalue weighted by molar-refractivity contribution is -0.870. The number of rotatable bonds is 7. The standard InChI is InChI=1S/C11H24N2O2.C2H6/c1-5-6-7-8-12-11(14)15-10-9-13(2,3)4;1-2/h5-10H2,1-4H3;1-2H3/p+1. The summed E-state index contributed by atoms with van der Waals surface area (Å²) in [7, 11) is 6.22. The molecule has 4 heteroatoms. The largest absolute Gasteiger partial charge is 0.444 e. The average molecular weight is 247 g/mol. The van der Waals surface area contributed by atoms with Crippen LogP contribution in [0.4, 0.5) is 4.79 Å². The first kappa shape index (κ1) is 18.6. The number of ether oxygens (including phenoxy) is 1. The number of alkyl carbamates (subject to hydrolysis) is 1. The Balaban J connectivity index is 0. The lowest BCUT2D eigenvalue weighted by atomic mass is 10.2. The number of carbonyl (C=O) groups excluding carboxylic acids is 1. The van der Waals surface area contributed by atoms with E-state index in [2.05, 4.69) is 33.4 Å². The van der Waals surface area contributed by atoms with E-state index in [1.54, 1.807) is 0 Å². The van der Waals surface area contributed by atoms with Crippen LogP contribution in [0.3, 0.4) is 0 Å². The highest BCUT2D eigenvalue weighted by Gasteiger charge is 2.08. The van der Waals surface area contributed by atoms with Crippen LogP contribution in [-0.4, -0.2) is 51.4 Å². The van der Waals surface area contributed by atoms with Crippen molar-refractivity contribution >= 4 is 6.09 Å². The summed E-state index contributed by atoms with van der Waals surface area (Å²) in [5, 5.41) is 2.74. The monoisotopic (exact) mass is 247 g/mol. The first-order valence-electron chi connectivity index (χ1n) is 6.67. The predicted molar refractivity (Wildman–Crippen MR) is 73.1 cm³/mol. The highest BCUT2D eigenvalue weighted by atomic mass is 16.5. The summed E-state index contributed by atoms with van der Waals surface area (Å²) >= 11 is 0. The first-order chi connectivity index (χ1) is 7.95. The normalized spacial score (nSPS) is 10.2. The molecule has 0 heterocycles. The van der Waals surface area contributed by atoms with Crippen molar-refractivity contribution in [3.8, 4) is 0 Å². The van der Waals surface area contributed by atoms with Crippen molar-refractivity contribution in [1.29, 1.82) is 0 Å². The van der Waals surface area contributed by atoms with Crippen LogP contribution in [0.2, 0.25) is 0 Å². The number of nitrogens with zero attached hydrogens (tertiary/aromatic N) is 1. The van der Waals surface area contributed by atoms with E-state index in [1.165, 1.54) is 0 Å². The number of quaternary nitrogens is 1. The van der Waals surface area contributed by atoms with Crippen LogP contribution < -0.4 is 5.32 Å². The number of unbranched alkanes of at least 4 members (excludes halogenated alkanes) is 2. The van der Waals surface area contributed by atoms with Crippen LogP contribution >= 0.6 is 0 Å². The quantitative estimate of drug-likeness (QED) is 0.555. The van der Waals surface area contributed by atoms with Gasteiger partial charge in [-0.1, -0.05) is 33.6 Å². The number of amides is 1. The first-order valence-corrected chi connectivity index (χ1v) is 6.67. The third kappa shape index (κ3) is 17.8. The van der Waals surface area contributed by atoms with Crippen LogP contribution in [-0.2, 0) is 4.74 Å². The van der Waals surface area contributed by atoms with Gasteiger partial charge >= 0.3 is 6.09 Å². The summed E-state index contributed by atoms with van der Waals surface area (Å²) in [5.74, 6) is 0. The molecule has 1 N–H and O–H groups in total. The van der Waals surface area contributed by atoms with E-state index in [9.17, 15) is 4.79 Å². The summed E-state index contributed by atoms with van der Waals surface area (Å²) in [5.41, 5.74) is 0. The molecule has 0 spiro atoms. The van der Waals surface area contributed by atoms with E-state index in [0.717, 1.165) is 36.8 Å². The fraction of sp³-hybridized carbons (Fsp3) is 0.923. The molecule has 0 aromatic carbocycles. The fourth-order valence-electron chi connectivity index (χ4n) is 1.03. The van der Waals surface area contributed by atoms with Crippen molar-refractivity contribution in [1.82, 2.24) is 5.32 Å². The van der Waals surface area contributed by atoms with E-state index < -0.39 is 0 Å². The number of hydrogen-bond donors (Lipinski definition) is 1. The smallest absolute Gasteiger partial charge is 0.407 e. The van der Waals surface area contributed by atoms with Gasteiger partial charge in [0.25, 0.3) is 0 Å².